The number of fused-ring (bicyclic) bond motifs is 2. The minimum atomic E-state index is -0.581. The molecule has 8 heteroatoms. The summed E-state index contributed by atoms with van der Waals surface area (Å²) in [5.41, 5.74) is 1.35. The molecule has 0 N–H and O–H groups in total. The van der Waals surface area contributed by atoms with Gasteiger partial charge in [-0.15, -0.1) is 0 Å². The summed E-state index contributed by atoms with van der Waals surface area (Å²) in [6.45, 7) is 11.9. The number of rotatable bonds is 10. The van der Waals surface area contributed by atoms with Crippen LogP contribution < -0.4 is 14.9 Å². The molecule has 0 saturated carbocycles. The molecule has 1 aromatic heterocycles. The molecule has 2 aromatic carbocycles. The first-order chi connectivity index (χ1) is 16.9. The van der Waals surface area contributed by atoms with Crippen molar-refractivity contribution >= 4 is 32.8 Å². The largest absolute Gasteiger partial charge is 0.490 e. The summed E-state index contributed by atoms with van der Waals surface area (Å²) in [5.74, 6) is 1.06. The molecule has 4 rings (SSSR count). The molecule has 186 valence electrons. The van der Waals surface area contributed by atoms with E-state index < -0.39 is 6.04 Å². The van der Waals surface area contributed by atoms with E-state index in [4.69, 9.17) is 13.9 Å². The number of carbonyl (C=O) groups is 1. The number of amides is 1. The van der Waals surface area contributed by atoms with Gasteiger partial charge in [-0.2, -0.15) is 0 Å². The first-order valence-electron chi connectivity index (χ1n) is 12.1. The molecule has 7 nitrogen and oxygen atoms in total. The van der Waals surface area contributed by atoms with Crippen molar-refractivity contribution in [3.8, 4) is 11.5 Å². The molecule has 0 spiro atoms. The fourth-order valence-electron chi connectivity index (χ4n) is 4.60. The first kappa shape index (κ1) is 25.3. The average Bonchev–Trinajstić information content (AvgIpc) is 3.13. The maximum absolute atomic E-state index is 13.8. The molecule has 1 aliphatic heterocycles. The molecular formula is C27H31BrN2O5. The van der Waals surface area contributed by atoms with Crippen molar-refractivity contribution in [2.45, 2.75) is 33.7 Å². The second kappa shape index (κ2) is 10.8. The number of likely N-dealkylation sites (N-methyl/N-ethyl adjacent to an activating group) is 1. The topological polar surface area (TPSA) is 72.2 Å². The Morgan fingerprint density at radius 1 is 0.971 bits per heavy atom. The Morgan fingerprint density at radius 3 is 2.37 bits per heavy atom. The zero-order chi connectivity index (χ0) is 25.1. The highest BCUT2D eigenvalue weighted by atomic mass is 79.9. The number of carbonyl (C=O) groups excluding carboxylic acids is 1. The van der Waals surface area contributed by atoms with Gasteiger partial charge in [0.25, 0.3) is 5.91 Å². The monoisotopic (exact) mass is 542 g/mol. The molecule has 0 bridgehead atoms. The van der Waals surface area contributed by atoms with Crippen molar-refractivity contribution in [2.75, 3.05) is 39.4 Å². The van der Waals surface area contributed by atoms with Gasteiger partial charge >= 0.3 is 0 Å². The third-order valence-electron chi connectivity index (χ3n) is 6.36. The SMILES string of the molecule is CCOc1ccc(C2c3c(oc4ccc(Br)cc4c3=O)C(=O)N2CCN(CC)CC)cc1OCC. The third kappa shape index (κ3) is 4.82. The molecule has 1 amide bonds. The molecule has 0 saturated heterocycles. The lowest BCUT2D eigenvalue weighted by Gasteiger charge is -2.28. The van der Waals surface area contributed by atoms with Crippen LogP contribution in [0.1, 0.15) is 55.4 Å². The van der Waals surface area contributed by atoms with E-state index in [1.807, 2.05) is 32.0 Å². The lowest BCUT2D eigenvalue weighted by Crippen LogP contribution is -2.37. The van der Waals surface area contributed by atoms with E-state index in [0.29, 0.717) is 54.3 Å². The fraction of sp³-hybridized carbons (Fsp3) is 0.407. The van der Waals surface area contributed by atoms with Crippen LogP contribution in [0.2, 0.25) is 0 Å². The Balaban J connectivity index is 1.88. The number of hydrogen-bond donors (Lipinski definition) is 0. The minimum absolute atomic E-state index is 0.112. The van der Waals surface area contributed by atoms with Gasteiger partial charge in [0.05, 0.1) is 30.2 Å². The maximum Gasteiger partial charge on any atom is 0.290 e. The van der Waals surface area contributed by atoms with Crippen LogP contribution in [-0.4, -0.2) is 55.1 Å². The molecule has 1 aliphatic rings. The van der Waals surface area contributed by atoms with Gasteiger partial charge in [0.1, 0.15) is 5.58 Å². The van der Waals surface area contributed by atoms with Gasteiger partial charge in [0.15, 0.2) is 16.9 Å². The summed E-state index contributed by atoms with van der Waals surface area (Å²) in [6.07, 6.45) is 0. The summed E-state index contributed by atoms with van der Waals surface area (Å²) >= 11 is 3.44. The van der Waals surface area contributed by atoms with E-state index in [1.165, 1.54) is 0 Å². The highest BCUT2D eigenvalue weighted by Gasteiger charge is 2.43. The summed E-state index contributed by atoms with van der Waals surface area (Å²) in [4.78, 5) is 31.4. The Bertz CT molecular complexity index is 1280. The maximum atomic E-state index is 13.8. The van der Waals surface area contributed by atoms with Crippen LogP contribution >= 0.6 is 15.9 Å². The van der Waals surface area contributed by atoms with E-state index in [1.54, 1.807) is 23.1 Å². The summed E-state index contributed by atoms with van der Waals surface area (Å²) < 4.78 is 18.4. The van der Waals surface area contributed by atoms with Crippen LogP contribution in [0.25, 0.3) is 11.0 Å². The van der Waals surface area contributed by atoms with Crippen LogP contribution in [0.15, 0.2) is 50.1 Å². The van der Waals surface area contributed by atoms with Gasteiger partial charge in [-0.05, 0) is 62.8 Å². The molecule has 0 aliphatic carbocycles. The summed E-state index contributed by atoms with van der Waals surface area (Å²) in [5, 5.41) is 0.442. The molecule has 2 heterocycles. The van der Waals surface area contributed by atoms with Crippen LogP contribution in [0.3, 0.4) is 0 Å². The van der Waals surface area contributed by atoms with Gasteiger partial charge in [-0.25, -0.2) is 0 Å². The fourth-order valence-corrected chi connectivity index (χ4v) is 4.96. The van der Waals surface area contributed by atoms with E-state index in [2.05, 4.69) is 34.7 Å². The van der Waals surface area contributed by atoms with Crippen molar-refractivity contribution in [1.29, 1.82) is 0 Å². The summed E-state index contributed by atoms with van der Waals surface area (Å²) in [7, 11) is 0. The van der Waals surface area contributed by atoms with Crippen LogP contribution in [-0.2, 0) is 0 Å². The molecule has 1 atom stereocenters. The van der Waals surface area contributed by atoms with Crippen molar-refractivity contribution in [3.63, 3.8) is 0 Å². The number of nitrogens with zero attached hydrogens (tertiary/aromatic N) is 2. The Hall–Kier alpha value is -2.84. The molecule has 0 fully saturated rings. The average molecular weight is 543 g/mol. The normalized spacial score (nSPS) is 15.2. The van der Waals surface area contributed by atoms with Crippen molar-refractivity contribution in [3.05, 3.63) is 68.0 Å². The Kier molecular flexibility index (Phi) is 7.82. The number of hydrogen-bond acceptors (Lipinski definition) is 6. The van der Waals surface area contributed by atoms with E-state index in [0.717, 1.165) is 23.1 Å². The molecule has 35 heavy (non-hydrogen) atoms. The second-order valence-corrected chi connectivity index (χ2v) is 9.23. The molecule has 0 radical (unpaired) electrons. The summed E-state index contributed by atoms with van der Waals surface area (Å²) in [6, 6.07) is 10.3. The Morgan fingerprint density at radius 2 is 1.69 bits per heavy atom. The molecular weight excluding hydrogens is 512 g/mol. The van der Waals surface area contributed by atoms with Crippen LogP contribution in [0, 0.1) is 0 Å². The van der Waals surface area contributed by atoms with Gasteiger partial charge in [-0.3, -0.25) is 9.59 Å². The van der Waals surface area contributed by atoms with Gasteiger partial charge in [-0.1, -0.05) is 35.8 Å². The first-order valence-corrected chi connectivity index (χ1v) is 12.9. The van der Waals surface area contributed by atoms with Crippen LogP contribution in [0.5, 0.6) is 11.5 Å². The lowest BCUT2D eigenvalue weighted by atomic mass is 9.98. The minimum Gasteiger partial charge on any atom is -0.490 e. The standard InChI is InChI=1S/C27H31BrN2O5/c1-5-29(6-2)13-14-30-24(17-9-11-21(33-7-3)22(15-17)34-8-4)23-25(31)19-16-18(28)10-12-20(19)35-26(23)27(30)32/h9-12,15-16,24H,5-8,13-14H2,1-4H3. The highest BCUT2D eigenvalue weighted by Crippen LogP contribution is 2.41. The smallest absolute Gasteiger partial charge is 0.290 e. The predicted octanol–water partition coefficient (Wildman–Crippen LogP) is 5.24. The molecule has 1 unspecified atom stereocenters. The highest BCUT2D eigenvalue weighted by molar-refractivity contribution is 9.10. The third-order valence-corrected chi connectivity index (χ3v) is 6.86. The number of halogens is 1. The van der Waals surface area contributed by atoms with Crippen molar-refractivity contribution < 1.29 is 18.7 Å². The van der Waals surface area contributed by atoms with E-state index in [9.17, 15) is 9.59 Å². The van der Waals surface area contributed by atoms with E-state index in [-0.39, 0.29) is 17.1 Å². The second-order valence-electron chi connectivity index (χ2n) is 8.31. The predicted molar refractivity (Wildman–Crippen MR) is 140 cm³/mol. The van der Waals surface area contributed by atoms with E-state index >= 15 is 0 Å². The zero-order valence-electron chi connectivity index (χ0n) is 20.6. The van der Waals surface area contributed by atoms with Gasteiger partial charge in [0.2, 0.25) is 5.76 Å². The van der Waals surface area contributed by atoms with Gasteiger partial charge < -0.3 is 23.7 Å². The lowest BCUT2D eigenvalue weighted by molar-refractivity contribution is 0.0708. The molecule has 3 aromatic rings. The van der Waals surface area contributed by atoms with Crippen LogP contribution in [0.4, 0.5) is 0 Å². The van der Waals surface area contributed by atoms with Crippen molar-refractivity contribution in [2.24, 2.45) is 0 Å². The Labute approximate surface area is 213 Å². The quantitative estimate of drug-likeness (QED) is 0.349. The van der Waals surface area contributed by atoms with Crippen molar-refractivity contribution in [1.82, 2.24) is 9.80 Å². The zero-order valence-corrected chi connectivity index (χ0v) is 22.2. The number of ether oxygens (including phenoxy) is 2. The number of benzene rings is 2. The van der Waals surface area contributed by atoms with Gasteiger partial charge in [0, 0.05) is 17.6 Å².